The number of nitrogens with two attached hydrogens (primary N) is 1. The molecule has 1 amide bonds. The molecule has 0 fully saturated rings. The molecule has 0 unspecified atom stereocenters. The van der Waals surface area contributed by atoms with Gasteiger partial charge in [0.15, 0.2) is 0 Å². The van der Waals surface area contributed by atoms with Gasteiger partial charge in [-0.1, -0.05) is 53.5 Å². The van der Waals surface area contributed by atoms with Crippen molar-refractivity contribution >= 4 is 34.8 Å². The average Bonchev–Trinajstić information content (AvgIpc) is 2.62. The van der Waals surface area contributed by atoms with Crippen LogP contribution < -0.4 is 11.1 Å². The number of halogens is 2. The Hall–Kier alpha value is -2.69. The van der Waals surface area contributed by atoms with Gasteiger partial charge in [-0.2, -0.15) is 0 Å². The summed E-state index contributed by atoms with van der Waals surface area (Å²) in [6, 6.07) is 17.8. The minimum absolute atomic E-state index is 0.0588. The second-order valence-corrected chi connectivity index (χ2v) is 6.58. The summed E-state index contributed by atoms with van der Waals surface area (Å²) in [5, 5.41) is 14.7. The summed E-state index contributed by atoms with van der Waals surface area (Å²) in [4.78, 5) is 11.4. The summed E-state index contributed by atoms with van der Waals surface area (Å²) < 4.78 is 0. The van der Waals surface area contributed by atoms with Gasteiger partial charge in [0, 0.05) is 28.4 Å². The molecule has 4 N–H and O–H groups in total. The highest BCUT2D eigenvalue weighted by Crippen LogP contribution is 2.37. The fraction of sp³-hybridized carbons (Fsp3) is 0.0500. The van der Waals surface area contributed by atoms with E-state index in [9.17, 15) is 9.90 Å². The highest BCUT2D eigenvalue weighted by atomic mass is 35.5. The quantitative estimate of drug-likeness (QED) is 0.572. The molecule has 4 nitrogen and oxygen atoms in total. The molecule has 3 aromatic carbocycles. The van der Waals surface area contributed by atoms with Crippen molar-refractivity contribution in [2.45, 2.75) is 6.54 Å². The van der Waals surface area contributed by atoms with Gasteiger partial charge in [-0.25, -0.2) is 0 Å². The molecule has 0 saturated carbocycles. The van der Waals surface area contributed by atoms with Gasteiger partial charge in [0.1, 0.15) is 5.75 Å². The van der Waals surface area contributed by atoms with E-state index >= 15 is 0 Å². The molecule has 0 saturated heterocycles. The number of carbonyl (C=O) groups is 1. The first-order valence-corrected chi connectivity index (χ1v) is 8.61. The predicted molar refractivity (Wildman–Crippen MR) is 106 cm³/mol. The van der Waals surface area contributed by atoms with Crippen molar-refractivity contribution in [2.75, 3.05) is 5.32 Å². The molecule has 26 heavy (non-hydrogen) atoms. The number of para-hydroxylation sites is 1. The lowest BCUT2D eigenvalue weighted by Crippen LogP contribution is -2.11. The molecule has 0 atom stereocenters. The lowest BCUT2D eigenvalue weighted by Gasteiger charge is -2.12. The van der Waals surface area contributed by atoms with Crippen LogP contribution in [0.15, 0.2) is 60.7 Å². The zero-order valence-corrected chi connectivity index (χ0v) is 15.2. The number of carbonyl (C=O) groups excluding carboxylic acids is 1. The second-order valence-electron chi connectivity index (χ2n) is 5.74. The fourth-order valence-electron chi connectivity index (χ4n) is 2.61. The molecule has 6 heteroatoms. The van der Waals surface area contributed by atoms with Gasteiger partial charge in [0.05, 0.1) is 10.6 Å². The molecule has 0 spiro atoms. The maximum Gasteiger partial charge on any atom is 0.252 e. The molecule has 0 aliphatic heterocycles. The number of hydrogen-bond acceptors (Lipinski definition) is 3. The van der Waals surface area contributed by atoms with Crippen molar-refractivity contribution in [2.24, 2.45) is 5.73 Å². The number of nitrogens with one attached hydrogen (secondary N) is 1. The van der Waals surface area contributed by atoms with Gasteiger partial charge < -0.3 is 16.2 Å². The van der Waals surface area contributed by atoms with Crippen molar-refractivity contribution in [1.29, 1.82) is 0 Å². The highest BCUT2D eigenvalue weighted by Gasteiger charge is 2.15. The van der Waals surface area contributed by atoms with Crippen LogP contribution in [-0.2, 0) is 6.54 Å². The number of amides is 1. The number of benzene rings is 3. The van der Waals surface area contributed by atoms with Gasteiger partial charge >= 0.3 is 0 Å². The number of rotatable bonds is 5. The van der Waals surface area contributed by atoms with E-state index in [0.717, 1.165) is 11.3 Å². The predicted octanol–water partition coefficient (Wildman–Crippen LogP) is 5.08. The van der Waals surface area contributed by atoms with Crippen LogP contribution >= 0.6 is 23.2 Å². The topological polar surface area (TPSA) is 75.4 Å². The van der Waals surface area contributed by atoms with E-state index in [1.807, 2.05) is 30.3 Å². The first-order valence-electron chi connectivity index (χ1n) is 7.85. The third-order valence-corrected chi connectivity index (χ3v) is 4.54. The van der Waals surface area contributed by atoms with E-state index in [2.05, 4.69) is 5.32 Å². The van der Waals surface area contributed by atoms with Crippen LogP contribution in [0.2, 0.25) is 10.0 Å². The fourth-order valence-corrected chi connectivity index (χ4v) is 3.02. The summed E-state index contributed by atoms with van der Waals surface area (Å²) in [6.45, 7) is 0.620. The Labute approximate surface area is 161 Å². The van der Waals surface area contributed by atoms with E-state index in [4.69, 9.17) is 28.9 Å². The summed E-state index contributed by atoms with van der Waals surface area (Å²) in [7, 11) is 0. The number of hydrogen-bond donors (Lipinski definition) is 3. The van der Waals surface area contributed by atoms with Gasteiger partial charge in [0.25, 0.3) is 5.91 Å². The van der Waals surface area contributed by atoms with Gasteiger partial charge in [0.2, 0.25) is 0 Å². The Bertz CT molecular complexity index is 957. The standard InChI is InChI=1S/C20H16Cl2N2O2/c21-13-6-4-12(5-7-13)11-24-14-8-9-15(18(22)10-14)16-2-1-3-17(19(16)25)20(23)26/h1-10,24-25H,11H2,(H2,23,26). The van der Waals surface area contributed by atoms with Crippen molar-refractivity contribution in [3.63, 3.8) is 0 Å². The summed E-state index contributed by atoms with van der Waals surface area (Å²) >= 11 is 12.3. The van der Waals surface area contributed by atoms with E-state index in [1.165, 1.54) is 6.07 Å². The molecular formula is C20H16Cl2N2O2. The zero-order valence-electron chi connectivity index (χ0n) is 13.7. The Balaban J connectivity index is 1.83. The Morgan fingerprint density at radius 2 is 1.73 bits per heavy atom. The summed E-state index contributed by atoms with van der Waals surface area (Å²) in [5.74, 6) is -0.870. The molecule has 0 heterocycles. The first-order chi connectivity index (χ1) is 12.5. The van der Waals surface area contributed by atoms with Crippen molar-refractivity contribution in [3.05, 3.63) is 81.8 Å². The average molecular weight is 387 g/mol. The molecule has 3 rings (SSSR count). The van der Waals surface area contributed by atoms with Gasteiger partial charge in [-0.05, 0) is 35.9 Å². The number of anilines is 1. The molecule has 132 valence electrons. The van der Waals surface area contributed by atoms with Crippen molar-refractivity contribution in [3.8, 4) is 16.9 Å². The minimum Gasteiger partial charge on any atom is -0.506 e. The second kappa shape index (κ2) is 7.68. The monoisotopic (exact) mass is 386 g/mol. The minimum atomic E-state index is -0.693. The van der Waals surface area contributed by atoms with Crippen LogP contribution in [0.5, 0.6) is 5.75 Å². The van der Waals surface area contributed by atoms with Crippen LogP contribution in [0.4, 0.5) is 5.69 Å². The molecule has 0 aromatic heterocycles. The highest BCUT2D eigenvalue weighted by molar-refractivity contribution is 6.33. The number of phenols is 1. The first kappa shape index (κ1) is 18.1. The third kappa shape index (κ3) is 3.93. The third-order valence-electron chi connectivity index (χ3n) is 3.97. The van der Waals surface area contributed by atoms with Crippen LogP contribution in [0.1, 0.15) is 15.9 Å². The normalized spacial score (nSPS) is 10.5. The Morgan fingerprint density at radius 3 is 2.38 bits per heavy atom. The van der Waals surface area contributed by atoms with E-state index < -0.39 is 5.91 Å². The van der Waals surface area contributed by atoms with Crippen LogP contribution in [-0.4, -0.2) is 11.0 Å². The van der Waals surface area contributed by atoms with E-state index in [0.29, 0.717) is 27.7 Å². The van der Waals surface area contributed by atoms with Gasteiger partial charge in [-0.15, -0.1) is 0 Å². The Morgan fingerprint density at radius 1 is 1.00 bits per heavy atom. The number of primary amides is 1. The molecule has 3 aromatic rings. The summed E-state index contributed by atoms with van der Waals surface area (Å²) in [5.41, 5.74) is 8.32. The Kier molecular flexibility index (Phi) is 5.35. The summed E-state index contributed by atoms with van der Waals surface area (Å²) in [6.07, 6.45) is 0. The van der Waals surface area contributed by atoms with Crippen LogP contribution in [0.3, 0.4) is 0 Å². The largest absolute Gasteiger partial charge is 0.506 e. The van der Waals surface area contributed by atoms with Crippen molar-refractivity contribution in [1.82, 2.24) is 0 Å². The molecule has 0 radical (unpaired) electrons. The van der Waals surface area contributed by atoms with Crippen LogP contribution in [0.25, 0.3) is 11.1 Å². The smallest absolute Gasteiger partial charge is 0.252 e. The maximum atomic E-state index is 11.4. The SMILES string of the molecule is NC(=O)c1cccc(-c2ccc(NCc3ccc(Cl)cc3)cc2Cl)c1O. The lowest BCUT2D eigenvalue weighted by molar-refractivity contribution is 0.0998. The molecule has 0 aliphatic rings. The van der Waals surface area contributed by atoms with E-state index in [-0.39, 0.29) is 11.3 Å². The maximum absolute atomic E-state index is 11.4. The lowest BCUT2D eigenvalue weighted by atomic mass is 10.0. The van der Waals surface area contributed by atoms with Crippen molar-refractivity contribution < 1.29 is 9.90 Å². The zero-order chi connectivity index (χ0) is 18.7. The van der Waals surface area contributed by atoms with Gasteiger partial charge in [-0.3, -0.25) is 4.79 Å². The molecule has 0 aliphatic carbocycles. The van der Waals surface area contributed by atoms with E-state index in [1.54, 1.807) is 24.3 Å². The molecule has 0 bridgehead atoms. The van der Waals surface area contributed by atoms with Crippen LogP contribution in [0, 0.1) is 0 Å². The number of aromatic hydroxyl groups is 1. The molecular weight excluding hydrogens is 371 g/mol.